The first-order valence-corrected chi connectivity index (χ1v) is 4.61. The number of nitrogens with one attached hydrogen (secondary N) is 1. The summed E-state index contributed by atoms with van der Waals surface area (Å²) < 4.78 is 20.3. The number of rotatable bonds is 3. The smallest absolute Gasteiger partial charge is 0.158 e. The highest BCUT2D eigenvalue weighted by Gasteiger charge is 1.91. The van der Waals surface area contributed by atoms with Crippen LogP contribution in [0.25, 0.3) is 0 Å². The Morgan fingerprint density at radius 2 is 2.25 bits per heavy atom. The Hall–Kier alpha value is -1.23. The van der Waals surface area contributed by atoms with E-state index < -0.39 is 10.7 Å². The zero-order valence-corrected chi connectivity index (χ0v) is 7.04. The van der Waals surface area contributed by atoms with Crippen LogP contribution in [0.3, 0.4) is 0 Å². The standard InChI is InChI=1S/C7H8NO3S/c9-7-3-1-6(2-4-7)8-5-12(10)11/h1-3,8-9,12H,5H2. The second-order valence-electron chi connectivity index (χ2n) is 2.13. The van der Waals surface area contributed by atoms with Gasteiger partial charge >= 0.3 is 0 Å². The molecule has 1 rings (SSSR count). The summed E-state index contributed by atoms with van der Waals surface area (Å²) in [4.78, 5) is 0. The van der Waals surface area contributed by atoms with Gasteiger partial charge in [-0.05, 0) is 18.2 Å². The quantitative estimate of drug-likeness (QED) is 0.465. The second-order valence-corrected chi connectivity index (χ2v) is 3.11. The maximum atomic E-state index is 10.2. The van der Waals surface area contributed by atoms with E-state index in [-0.39, 0.29) is 11.6 Å². The third kappa shape index (κ3) is 2.79. The normalized spacial score (nSPS) is 10.1. The number of thiol groups is 1. The maximum absolute atomic E-state index is 10.2. The van der Waals surface area contributed by atoms with Crippen molar-refractivity contribution in [3.05, 3.63) is 24.3 Å². The molecular formula is C7H8NO3S. The molecule has 4 nitrogen and oxygen atoms in total. The molecule has 0 unspecified atom stereocenters. The van der Waals surface area contributed by atoms with Crippen LogP contribution in [-0.2, 0) is 10.7 Å². The summed E-state index contributed by atoms with van der Waals surface area (Å²) in [7, 11) is -2.42. The number of anilines is 1. The molecule has 0 aliphatic rings. The van der Waals surface area contributed by atoms with Gasteiger partial charge in [0.2, 0.25) is 0 Å². The predicted molar refractivity (Wildman–Crippen MR) is 45.7 cm³/mol. The lowest BCUT2D eigenvalue weighted by molar-refractivity contribution is 0.474. The number of phenolic OH excluding ortho intramolecular Hbond substituents is 1. The van der Waals surface area contributed by atoms with Gasteiger partial charge < -0.3 is 10.4 Å². The molecule has 0 fully saturated rings. The summed E-state index contributed by atoms with van der Waals surface area (Å²) in [5.74, 6) is -0.0689. The van der Waals surface area contributed by atoms with Crippen LogP contribution in [0, 0.1) is 6.07 Å². The lowest BCUT2D eigenvalue weighted by Crippen LogP contribution is -2.01. The molecule has 12 heavy (non-hydrogen) atoms. The van der Waals surface area contributed by atoms with Gasteiger partial charge in [0.1, 0.15) is 11.6 Å². The Morgan fingerprint density at radius 1 is 1.50 bits per heavy atom. The van der Waals surface area contributed by atoms with E-state index in [1.165, 1.54) is 12.1 Å². The average Bonchev–Trinajstić information content (AvgIpc) is 2.03. The Bertz CT molecular complexity index is 310. The molecule has 0 amide bonds. The summed E-state index contributed by atoms with van der Waals surface area (Å²) in [6.07, 6.45) is 0. The van der Waals surface area contributed by atoms with Crippen LogP contribution in [0.15, 0.2) is 18.2 Å². The van der Waals surface area contributed by atoms with Crippen molar-refractivity contribution in [3.63, 3.8) is 0 Å². The number of phenols is 1. The van der Waals surface area contributed by atoms with Crippen LogP contribution in [-0.4, -0.2) is 19.4 Å². The first-order valence-electron chi connectivity index (χ1n) is 3.25. The van der Waals surface area contributed by atoms with Crippen LogP contribution in [0.5, 0.6) is 5.75 Å². The molecule has 65 valence electrons. The minimum Gasteiger partial charge on any atom is -0.507 e. The van der Waals surface area contributed by atoms with Crippen molar-refractivity contribution in [1.29, 1.82) is 0 Å². The number of benzene rings is 1. The highest BCUT2D eigenvalue weighted by Crippen LogP contribution is 2.12. The predicted octanol–water partition coefficient (Wildman–Crippen LogP) is 0.173. The minimum absolute atomic E-state index is 0.0343. The number of hydrogen-bond donors (Lipinski definition) is 3. The Balaban J connectivity index is 2.59. The van der Waals surface area contributed by atoms with E-state index in [2.05, 4.69) is 11.4 Å². The lowest BCUT2D eigenvalue weighted by Gasteiger charge is -2.00. The third-order valence-corrected chi connectivity index (χ3v) is 1.62. The second kappa shape index (κ2) is 3.96. The van der Waals surface area contributed by atoms with E-state index in [9.17, 15) is 8.42 Å². The van der Waals surface area contributed by atoms with Crippen molar-refractivity contribution in [2.45, 2.75) is 0 Å². The van der Waals surface area contributed by atoms with E-state index >= 15 is 0 Å². The molecule has 1 radical (unpaired) electrons. The summed E-state index contributed by atoms with van der Waals surface area (Å²) in [5.41, 5.74) is 0.618. The monoisotopic (exact) mass is 186 g/mol. The fraction of sp³-hybridized carbons (Fsp3) is 0.143. The van der Waals surface area contributed by atoms with Gasteiger partial charge in [0.05, 0.1) is 0 Å². The summed E-state index contributed by atoms with van der Waals surface area (Å²) in [6, 6.07) is 7.00. The molecular weight excluding hydrogens is 178 g/mol. The molecule has 0 spiro atoms. The minimum atomic E-state index is -2.42. The molecule has 0 saturated heterocycles. The third-order valence-electron chi connectivity index (χ3n) is 1.21. The maximum Gasteiger partial charge on any atom is 0.158 e. The molecule has 1 aromatic rings. The van der Waals surface area contributed by atoms with Crippen molar-refractivity contribution >= 4 is 16.4 Å². The van der Waals surface area contributed by atoms with Gasteiger partial charge in [-0.25, -0.2) is 8.42 Å². The van der Waals surface area contributed by atoms with Crippen LogP contribution >= 0.6 is 0 Å². The molecule has 0 aliphatic heterocycles. The lowest BCUT2D eigenvalue weighted by atomic mass is 10.3. The van der Waals surface area contributed by atoms with Crippen molar-refractivity contribution in [3.8, 4) is 5.75 Å². The highest BCUT2D eigenvalue weighted by atomic mass is 32.2. The van der Waals surface area contributed by atoms with E-state index in [1.54, 1.807) is 6.07 Å². The molecule has 0 heterocycles. The van der Waals surface area contributed by atoms with Gasteiger partial charge in [-0.1, -0.05) is 0 Å². The van der Waals surface area contributed by atoms with Gasteiger partial charge in [0.15, 0.2) is 10.7 Å². The van der Waals surface area contributed by atoms with Gasteiger partial charge in [-0.2, -0.15) is 0 Å². The van der Waals surface area contributed by atoms with E-state index in [1.807, 2.05) is 0 Å². The van der Waals surface area contributed by atoms with Crippen molar-refractivity contribution in [2.75, 3.05) is 11.2 Å². The van der Waals surface area contributed by atoms with Gasteiger partial charge in [0.25, 0.3) is 0 Å². The Labute approximate surface area is 71.8 Å². The van der Waals surface area contributed by atoms with E-state index in [0.717, 1.165) is 0 Å². The SMILES string of the molecule is O=[SH](=O)CNc1c[c]c(O)cc1. The van der Waals surface area contributed by atoms with E-state index in [4.69, 9.17) is 5.11 Å². The molecule has 0 aromatic heterocycles. The fourth-order valence-electron chi connectivity index (χ4n) is 0.682. The van der Waals surface area contributed by atoms with Crippen molar-refractivity contribution in [2.24, 2.45) is 0 Å². The molecule has 2 N–H and O–H groups in total. The largest absolute Gasteiger partial charge is 0.507 e. The average molecular weight is 186 g/mol. The van der Waals surface area contributed by atoms with E-state index in [0.29, 0.717) is 5.69 Å². The van der Waals surface area contributed by atoms with Crippen LogP contribution in [0.1, 0.15) is 0 Å². The summed E-state index contributed by atoms with van der Waals surface area (Å²) >= 11 is 0. The van der Waals surface area contributed by atoms with Gasteiger partial charge in [-0.15, -0.1) is 0 Å². The zero-order valence-electron chi connectivity index (χ0n) is 6.15. The van der Waals surface area contributed by atoms with Crippen molar-refractivity contribution in [1.82, 2.24) is 0 Å². The van der Waals surface area contributed by atoms with Crippen LogP contribution in [0.2, 0.25) is 0 Å². The fourth-order valence-corrected chi connectivity index (χ4v) is 0.994. The van der Waals surface area contributed by atoms with Gasteiger partial charge in [-0.3, -0.25) is 0 Å². The molecule has 0 bridgehead atoms. The molecule has 0 aliphatic carbocycles. The van der Waals surface area contributed by atoms with Crippen LogP contribution in [0.4, 0.5) is 5.69 Å². The summed E-state index contributed by atoms with van der Waals surface area (Å²) in [5, 5.41) is 11.5. The zero-order chi connectivity index (χ0) is 8.97. The van der Waals surface area contributed by atoms with Crippen LogP contribution < -0.4 is 5.32 Å². The Morgan fingerprint density at radius 3 is 2.75 bits per heavy atom. The number of aromatic hydroxyl groups is 1. The summed E-state index contributed by atoms with van der Waals surface area (Å²) in [6.45, 7) is 0. The van der Waals surface area contributed by atoms with Gasteiger partial charge in [0, 0.05) is 11.8 Å². The topological polar surface area (TPSA) is 66.4 Å². The molecule has 0 saturated carbocycles. The molecule has 0 atom stereocenters. The molecule has 5 heteroatoms. The number of hydrogen-bond acceptors (Lipinski definition) is 4. The first kappa shape index (κ1) is 8.86. The Kier molecular flexibility index (Phi) is 2.93. The molecule has 1 aromatic carbocycles. The van der Waals surface area contributed by atoms with Crippen molar-refractivity contribution < 1.29 is 13.5 Å². The highest BCUT2D eigenvalue weighted by molar-refractivity contribution is 7.72. The first-order chi connectivity index (χ1) is 5.68.